The lowest BCUT2D eigenvalue weighted by molar-refractivity contribution is 0.483. The molecule has 19 rings (SSSR count). The van der Waals surface area contributed by atoms with Gasteiger partial charge in [-0.1, -0.05) is 356 Å². The number of pyridine rings is 2. The predicted octanol–water partition coefficient (Wildman–Crippen LogP) is 37.3. The van der Waals surface area contributed by atoms with Crippen molar-refractivity contribution in [1.29, 1.82) is 0 Å². The van der Waals surface area contributed by atoms with Gasteiger partial charge in [0.05, 0.1) is 32.8 Å². The molecular formula is C124H138N4O6. The van der Waals surface area contributed by atoms with Gasteiger partial charge in [0.15, 0.2) is 0 Å². The molecule has 10 nitrogen and oxygen atoms in total. The van der Waals surface area contributed by atoms with E-state index in [1.807, 2.05) is 20.9 Å². The van der Waals surface area contributed by atoms with Crippen LogP contribution in [0, 0.1) is 0 Å². The Morgan fingerprint density at radius 2 is 0.440 bits per heavy atom. The van der Waals surface area contributed by atoms with Crippen LogP contribution in [0.4, 0.5) is 0 Å². The molecular weight excluding hydrogens is 1640 g/mol. The third-order valence-corrected chi connectivity index (χ3v) is 29.5. The molecule has 0 aliphatic heterocycles. The van der Waals surface area contributed by atoms with E-state index >= 15 is 9.59 Å². The zero-order chi connectivity index (χ0) is 91.1. The average Bonchev–Trinajstić information content (AvgIpc) is 1.20. The summed E-state index contributed by atoms with van der Waals surface area (Å²) in [7, 11) is 0. The number of fused-ring (bicyclic) bond motifs is 14. The molecule has 690 valence electrons. The summed E-state index contributed by atoms with van der Waals surface area (Å²) in [5.41, 5.74) is 9.06. The molecule has 10 heteroatoms. The maximum absolute atomic E-state index is 17.0. The zero-order valence-electron chi connectivity index (χ0n) is 80.2. The van der Waals surface area contributed by atoms with E-state index in [1.54, 1.807) is 0 Å². The highest BCUT2D eigenvalue weighted by Crippen LogP contribution is 2.58. The topological polar surface area (TPSA) is 111 Å². The van der Waals surface area contributed by atoms with Crippen molar-refractivity contribution in [1.82, 2.24) is 18.8 Å². The fourth-order valence-corrected chi connectivity index (χ4v) is 22.0. The smallest absolute Gasteiger partial charge is 0.264 e. The average molecular weight is 1780 g/mol. The number of ether oxygens (including phenoxy) is 4. The van der Waals surface area contributed by atoms with Crippen molar-refractivity contribution in [3.63, 3.8) is 0 Å². The Bertz CT molecular complexity index is 6900. The van der Waals surface area contributed by atoms with Crippen molar-refractivity contribution < 1.29 is 18.9 Å². The van der Waals surface area contributed by atoms with Gasteiger partial charge in [0.25, 0.3) is 11.1 Å². The van der Waals surface area contributed by atoms with E-state index in [0.29, 0.717) is 89.6 Å². The van der Waals surface area contributed by atoms with Crippen LogP contribution < -0.4 is 30.1 Å². The first kappa shape index (κ1) is 91.2. The normalized spacial score (nSPS) is 12.2. The number of rotatable bonds is 52. The molecule has 134 heavy (non-hydrogen) atoms. The van der Waals surface area contributed by atoms with Crippen LogP contribution >= 0.6 is 0 Å². The van der Waals surface area contributed by atoms with Crippen LogP contribution in [0.3, 0.4) is 0 Å². The lowest BCUT2D eigenvalue weighted by atomic mass is 9.84. The minimum absolute atomic E-state index is 0.200. The Kier molecular flexibility index (Phi) is 29.7. The first-order chi connectivity index (χ1) is 66.1. The number of hydrogen-bond donors (Lipinski definition) is 2. The molecule has 0 radical (unpaired) electrons. The van der Waals surface area contributed by atoms with Crippen LogP contribution in [0.2, 0.25) is 0 Å². The number of aromatic amines is 2. The fourth-order valence-electron chi connectivity index (χ4n) is 22.0. The van der Waals surface area contributed by atoms with Crippen molar-refractivity contribution in [2.45, 2.75) is 310 Å². The highest BCUT2D eigenvalue weighted by Gasteiger charge is 2.33. The van der Waals surface area contributed by atoms with Crippen molar-refractivity contribution in [2.75, 3.05) is 0 Å². The predicted molar refractivity (Wildman–Crippen MR) is 570 cm³/mol. The van der Waals surface area contributed by atoms with E-state index in [0.717, 1.165) is 149 Å². The molecule has 0 bridgehead atoms. The van der Waals surface area contributed by atoms with Gasteiger partial charge in [-0.25, -0.2) is 0 Å². The molecule has 2 N–H and O–H groups in total. The van der Waals surface area contributed by atoms with Gasteiger partial charge >= 0.3 is 0 Å². The molecule has 0 saturated carbocycles. The summed E-state index contributed by atoms with van der Waals surface area (Å²) in [6.45, 7) is 9.17. The largest absolute Gasteiger partial charge is 0.457 e. The number of benzene rings is 15. The van der Waals surface area contributed by atoms with Gasteiger partial charge in [-0.3, -0.25) is 18.4 Å². The van der Waals surface area contributed by atoms with Crippen LogP contribution in [-0.2, 0) is 25.7 Å². The van der Waals surface area contributed by atoms with Crippen molar-refractivity contribution in [3.8, 4) is 46.0 Å². The van der Waals surface area contributed by atoms with Crippen LogP contribution in [0.5, 0.6) is 46.0 Å². The molecule has 4 aromatic heterocycles. The number of nitrogens with zero attached hydrogens (tertiary/aromatic N) is 2. The van der Waals surface area contributed by atoms with Crippen LogP contribution in [0.25, 0.3) is 141 Å². The first-order valence-corrected chi connectivity index (χ1v) is 52.5. The maximum Gasteiger partial charge on any atom is 0.264 e. The van der Waals surface area contributed by atoms with Gasteiger partial charge in [-0.05, 0) is 238 Å². The molecule has 0 saturated heterocycles. The monoisotopic (exact) mass is 1780 g/mol. The Balaban J connectivity index is 0.837. The second kappa shape index (κ2) is 43.6. The number of unbranched alkanes of at least 4 members (excludes halogenated alkanes) is 36. The summed E-state index contributed by atoms with van der Waals surface area (Å²) in [5, 5.41) is 17.0. The molecule has 15 aromatic carbocycles. The molecule has 0 aliphatic rings. The van der Waals surface area contributed by atoms with E-state index < -0.39 is 0 Å². The lowest BCUT2D eigenvalue weighted by Crippen LogP contribution is -2.15. The fraction of sp³-hybridized carbons (Fsp3) is 0.387. The van der Waals surface area contributed by atoms with Gasteiger partial charge in [-0.15, -0.1) is 0 Å². The summed E-state index contributed by atoms with van der Waals surface area (Å²) < 4.78 is 35.1. The van der Waals surface area contributed by atoms with Crippen molar-refractivity contribution >= 4 is 141 Å². The third-order valence-electron chi connectivity index (χ3n) is 29.5. The summed E-state index contributed by atoms with van der Waals surface area (Å²) in [5.74, 6) is 4.55. The molecule has 4 heterocycles. The van der Waals surface area contributed by atoms with E-state index in [4.69, 9.17) is 18.9 Å². The molecule has 0 aliphatic carbocycles. The van der Waals surface area contributed by atoms with E-state index in [2.05, 4.69) is 244 Å². The molecule has 0 fully saturated rings. The minimum atomic E-state index is -0.200. The number of imidazole rings is 2. The highest BCUT2D eigenvalue weighted by molar-refractivity contribution is 6.45. The van der Waals surface area contributed by atoms with Gasteiger partial charge in [-0.2, -0.15) is 0 Å². The quantitative estimate of drug-likeness (QED) is 0.0223. The van der Waals surface area contributed by atoms with Crippen LogP contribution in [0.1, 0.15) is 307 Å². The van der Waals surface area contributed by atoms with Crippen LogP contribution in [0.15, 0.2) is 228 Å². The number of hydrogen-bond acceptors (Lipinski definition) is 6. The SMILES string of the molecule is CCCCCCCCCCCCc1ccc(Oc2cc3c(=O)n4c5cc6cc7ccccc7cc6cc5[nH]c4c4cc(Oc5ccc(CCCCCCCCCCCC)cc5)c5c6c(Oc7ccc(CCCCCCCCCCCC)cc7)cc7c8c(cc(Oc9ccc(CCCCCCCCCCCC)cc9)c(c2c5c34)c68)c(=O)n2c3cc4cc5ccccc5cc4cc3[nH]c72)cc1. The number of H-pyrrole nitrogens is 2. The highest BCUT2D eigenvalue weighted by atomic mass is 16.5. The van der Waals surface area contributed by atoms with Gasteiger partial charge < -0.3 is 28.9 Å². The summed E-state index contributed by atoms with van der Waals surface area (Å²) in [4.78, 5) is 41.9. The molecule has 19 aromatic rings. The third kappa shape index (κ3) is 20.3. The Labute approximate surface area is 791 Å². The molecule has 0 atom stereocenters. The van der Waals surface area contributed by atoms with Gasteiger partial charge in [0.2, 0.25) is 0 Å². The van der Waals surface area contributed by atoms with Crippen molar-refractivity contribution in [2.24, 2.45) is 0 Å². The molecule has 0 spiro atoms. The minimum Gasteiger partial charge on any atom is -0.457 e. The van der Waals surface area contributed by atoms with E-state index in [1.165, 1.54) is 253 Å². The van der Waals surface area contributed by atoms with Crippen LogP contribution in [-0.4, -0.2) is 18.8 Å². The summed E-state index contributed by atoms with van der Waals surface area (Å²) in [6.07, 6.45) is 55.0. The van der Waals surface area contributed by atoms with Gasteiger partial charge in [0.1, 0.15) is 57.3 Å². The second-order valence-electron chi connectivity index (χ2n) is 39.5. The number of aromatic nitrogens is 4. The van der Waals surface area contributed by atoms with Gasteiger partial charge in [0, 0.05) is 53.9 Å². The standard InChI is InChI=1S/C124H138N4O6/c1-5-9-13-17-21-25-29-33-37-41-49-85-57-65-97(66-58-85)131-109-81-101-113-103(123(129)127-107-79-95-75-91-55-47-45-53-89(91)73-93(95)77-105(107)125-121(101)127)83-111(133-99-69-61-87(62-70-99)51-43-39-35-31-27-23-19-15-11-7-3)117-118-112(134-100-71-63-88(64-72-100)52-44-40-36-32-28-24-20-16-12-8-4)84-104-114-102(122-126-106-78-94-74-90-54-46-48-56-92(90)76-96(94)80-108(106)128(122)124(104)130)82-110(116(120(114)118)115(109)119(113)117)132-98-67-59-86(60-68-98)50-42-38-34-30-26-22-18-14-10-6-2/h45-48,53-84,125-126H,5-44,49-52H2,1-4H3. The number of aryl methyl sites for hydroxylation is 4. The van der Waals surface area contributed by atoms with E-state index in [-0.39, 0.29) is 11.1 Å². The number of nitrogens with one attached hydrogen (secondary N) is 2. The first-order valence-electron chi connectivity index (χ1n) is 52.5. The Morgan fingerprint density at radius 1 is 0.216 bits per heavy atom. The lowest BCUT2D eigenvalue weighted by Gasteiger charge is -2.25. The zero-order valence-corrected chi connectivity index (χ0v) is 80.2. The van der Waals surface area contributed by atoms with E-state index in [9.17, 15) is 0 Å². The molecule has 0 unspecified atom stereocenters. The maximum atomic E-state index is 17.0. The Hall–Kier alpha value is -11.9. The summed E-state index contributed by atoms with van der Waals surface area (Å²) in [6, 6.07) is 77.9. The van der Waals surface area contributed by atoms with Crippen molar-refractivity contribution in [3.05, 3.63) is 261 Å². The summed E-state index contributed by atoms with van der Waals surface area (Å²) >= 11 is 0. The molecule has 0 amide bonds. The Morgan fingerprint density at radius 3 is 0.687 bits per heavy atom. The second-order valence-corrected chi connectivity index (χ2v) is 39.5.